The molecule has 2 aliphatic rings. The molecule has 2 aliphatic heterocycles. The number of benzene rings is 2. The normalized spacial score (nSPS) is 19.6. The van der Waals surface area contributed by atoms with Crippen LogP contribution in [0.5, 0.6) is 5.75 Å². The fourth-order valence-electron chi connectivity index (χ4n) is 4.02. The van der Waals surface area contributed by atoms with E-state index in [0.717, 1.165) is 35.2 Å². The van der Waals surface area contributed by atoms with Crippen LogP contribution in [-0.4, -0.2) is 56.5 Å². The molecular formula is C22H24ClN3O3. The maximum Gasteiger partial charge on any atom is 0.228 e. The summed E-state index contributed by atoms with van der Waals surface area (Å²) in [7, 11) is 1.61. The fraction of sp³-hybridized carbons (Fsp3) is 0.364. The van der Waals surface area contributed by atoms with Crippen LogP contribution in [-0.2, 0) is 9.59 Å². The number of methoxy groups -OCH3 is 1. The summed E-state index contributed by atoms with van der Waals surface area (Å²) in [5.41, 5.74) is 1.80. The molecule has 1 atom stereocenters. The van der Waals surface area contributed by atoms with Gasteiger partial charge in [-0.3, -0.25) is 9.59 Å². The molecule has 2 saturated heterocycles. The van der Waals surface area contributed by atoms with Gasteiger partial charge < -0.3 is 19.4 Å². The van der Waals surface area contributed by atoms with Crippen LogP contribution < -0.4 is 14.5 Å². The number of hydrogen-bond donors (Lipinski definition) is 0. The van der Waals surface area contributed by atoms with E-state index >= 15 is 0 Å². The lowest BCUT2D eigenvalue weighted by Gasteiger charge is -2.37. The Balaban J connectivity index is 1.37. The molecule has 6 nitrogen and oxygen atoms in total. The van der Waals surface area contributed by atoms with E-state index in [0.29, 0.717) is 19.6 Å². The molecule has 29 heavy (non-hydrogen) atoms. The molecule has 152 valence electrons. The van der Waals surface area contributed by atoms with Gasteiger partial charge in [-0.05, 0) is 36.4 Å². The molecule has 0 aromatic heterocycles. The zero-order valence-electron chi connectivity index (χ0n) is 16.4. The lowest BCUT2D eigenvalue weighted by Crippen LogP contribution is -2.50. The summed E-state index contributed by atoms with van der Waals surface area (Å²) < 4.78 is 5.17. The number of anilines is 2. The van der Waals surface area contributed by atoms with Crippen LogP contribution in [0.3, 0.4) is 0 Å². The van der Waals surface area contributed by atoms with Crippen molar-refractivity contribution in [1.82, 2.24) is 4.90 Å². The zero-order chi connectivity index (χ0) is 20.4. The summed E-state index contributed by atoms with van der Waals surface area (Å²) in [5, 5.41) is 0.726. The Morgan fingerprint density at radius 3 is 2.38 bits per heavy atom. The molecule has 2 aromatic rings. The predicted molar refractivity (Wildman–Crippen MR) is 114 cm³/mol. The highest BCUT2D eigenvalue weighted by Gasteiger charge is 2.38. The summed E-state index contributed by atoms with van der Waals surface area (Å²) in [6.45, 7) is 3.17. The minimum Gasteiger partial charge on any atom is -0.497 e. The number of amides is 2. The molecule has 0 unspecified atom stereocenters. The maximum absolute atomic E-state index is 13.0. The molecule has 0 radical (unpaired) electrons. The molecule has 0 N–H and O–H groups in total. The van der Waals surface area contributed by atoms with Gasteiger partial charge in [-0.25, -0.2) is 0 Å². The van der Waals surface area contributed by atoms with E-state index in [2.05, 4.69) is 4.90 Å². The van der Waals surface area contributed by atoms with Crippen LogP contribution in [0.1, 0.15) is 6.42 Å². The highest BCUT2D eigenvalue weighted by Crippen LogP contribution is 2.29. The summed E-state index contributed by atoms with van der Waals surface area (Å²) in [4.78, 5) is 31.3. The minimum atomic E-state index is -0.295. The molecule has 2 aromatic carbocycles. The van der Waals surface area contributed by atoms with Crippen molar-refractivity contribution in [3.8, 4) is 5.75 Å². The Morgan fingerprint density at radius 2 is 1.72 bits per heavy atom. The van der Waals surface area contributed by atoms with Crippen LogP contribution in [0.15, 0.2) is 48.5 Å². The van der Waals surface area contributed by atoms with Gasteiger partial charge in [0.15, 0.2) is 0 Å². The van der Waals surface area contributed by atoms with Crippen LogP contribution in [0.4, 0.5) is 11.4 Å². The lowest BCUT2D eigenvalue weighted by atomic mass is 10.1. The standard InChI is InChI=1S/C22H24ClN3O3/c1-29-18-8-6-17(7-9-18)26-15-16(14-21(26)27)22(28)25-12-10-24(11-13-25)20-5-3-2-4-19(20)23/h2-9,16H,10-15H2,1H3/t16-/m0/s1. The number of carbonyl (C=O) groups excluding carboxylic acids is 2. The number of hydrogen-bond acceptors (Lipinski definition) is 4. The number of piperazine rings is 1. The average molecular weight is 414 g/mol. The number of carbonyl (C=O) groups is 2. The fourth-order valence-corrected chi connectivity index (χ4v) is 4.27. The van der Waals surface area contributed by atoms with Crippen LogP contribution >= 0.6 is 11.6 Å². The van der Waals surface area contributed by atoms with Gasteiger partial charge in [0.2, 0.25) is 11.8 Å². The van der Waals surface area contributed by atoms with Crippen LogP contribution in [0, 0.1) is 5.92 Å². The molecular weight excluding hydrogens is 390 g/mol. The van der Waals surface area contributed by atoms with Crippen molar-refractivity contribution >= 4 is 34.8 Å². The second kappa shape index (κ2) is 8.33. The van der Waals surface area contributed by atoms with E-state index in [-0.39, 0.29) is 24.2 Å². The molecule has 4 rings (SSSR count). The zero-order valence-corrected chi connectivity index (χ0v) is 17.1. The number of nitrogens with zero attached hydrogens (tertiary/aromatic N) is 3. The molecule has 0 bridgehead atoms. The van der Waals surface area contributed by atoms with Gasteiger partial charge in [-0.2, -0.15) is 0 Å². The quantitative estimate of drug-likeness (QED) is 0.773. The number of ether oxygens (including phenoxy) is 1. The molecule has 7 heteroatoms. The van der Waals surface area contributed by atoms with Gasteiger partial charge in [0.25, 0.3) is 0 Å². The van der Waals surface area contributed by atoms with Gasteiger partial charge in [0.05, 0.1) is 23.7 Å². The van der Waals surface area contributed by atoms with Crippen molar-refractivity contribution in [1.29, 1.82) is 0 Å². The monoisotopic (exact) mass is 413 g/mol. The molecule has 2 amide bonds. The van der Waals surface area contributed by atoms with E-state index in [1.807, 2.05) is 53.4 Å². The predicted octanol–water partition coefficient (Wildman–Crippen LogP) is 3.05. The largest absolute Gasteiger partial charge is 0.497 e. The first-order valence-electron chi connectivity index (χ1n) is 9.79. The Morgan fingerprint density at radius 1 is 1.03 bits per heavy atom. The SMILES string of the molecule is COc1ccc(N2C[C@@H](C(=O)N3CCN(c4ccccc4Cl)CC3)CC2=O)cc1. The molecule has 2 fully saturated rings. The maximum atomic E-state index is 13.0. The number of para-hydroxylation sites is 1. The smallest absolute Gasteiger partial charge is 0.228 e. The first kappa shape index (κ1) is 19.6. The summed E-state index contributed by atoms with van der Waals surface area (Å²) >= 11 is 6.30. The molecule has 2 heterocycles. The minimum absolute atomic E-state index is 0.0109. The topological polar surface area (TPSA) is 53.1 Å². The summed E-state index contributed by atoms with van der Waals surface area (Å²) in [5.74, 6) is 0.497. The highest BCUT2D eigenvalue weighted by molar-refractivity contribution is 6.33. The highest BCUT2D eigenvalue weighted by atomic mass is 35.5. The summed E-state index contributed by atoms with van der Waals surface area (Å²) in [6.07, 6.45) is 0.260. The van der Waals surface area contributed by atoms with Crippen molar-refractivity contribution < 1.29 is 14.3 Å². The van der Waals surface area contributed by atoms with Gasteiger partial charge in [-0.15, -0.1) is 0 Å². The first-order chi connectivity index (χ1) is 14.1. The summed E-state index contributed by atoms with van der Waals surface area (Å²) in [6, 6.07) is 15.1. The Hall–Kier alpha value is -2.73. The van der Waals surface area contributed by atoms with Gasteiger partial charge in [0.1, 0.15) is 5.75 Å². The van der Waals surface area contributed by atoms with E-state index in [9.17, 15) is 9.59 Å². The van der Waals surface area contributed by atoms with Crippen LogP contribution in [0.2, 0.25) is 5.02 Å². The first-order valence-corrected chi connectivity index (χ1v) is 10.2. The van der Waals surface area contributed by atoms with Crippen molar-refractivity contribution in [3.05, 3.63) is 53.6 Å². The number of halogens is 1. The third-order valence-corrected chi connectivity index (χ3v) is 5.96. The lowest BCUT2D eigenvalue weighted by molar-refractivity contribution is -0.136. The Labute approximate surface area is 175 Å². The van der Waals surface area contributed by atoms with Gasteiger partial charge in [0, 0.05) is 44.8 Å². The van der Waals surface area contributed by atoms with Crippen molar-refractivity contribution in [2.24, 2.45) is 5.92 Å². The van der Waals surface area contributed by atoms with Crippen molar-refractivity contribution in [3.63, 3.8) is 0 Å². The second-order valence-electron chi connectivity index (χ2n) is 7.37. The third-order valence-electron chi connectivity index (χ3n) is 5.64. The van der Waals surface area contributed by atoms with Crippen molar-refractivity contribution in [2.75, 3.05) is 49.6 Å². The van der Waals surface area contributed by atoms with E-state index in [1.165, 1.54) is 0 Å². The van der Waals surface area contributed by atoms with E-state index in [4.69, 9.17) is 16.3 Å². The van der Waals surface area contributed by atoms with Crippen LogP contribution in [0.25, 0.3) is 0 Å². The number of rotatable bonds is 4. The molecule has 0 saturated carbocycles. The second-order valence-corrected chi connectivity index (χ2v) is 7.77. The molecule has 0 aliphatic carbocycles. The third kappa shape index (κ3) is 4.03. The van der Waals surface area contributed by atoms with Gasteiger partial charge in [-0.1, -0.05) is 23.7 Å². The van der Waals surface area contributed by atoms with E-state index in [1.54, 1.807) is 12.0 Å². The van der Waals surface area contributed by atoms with E-state index < -0.39 is 0 Å². The Bertz CT molecular complexity index is 894. The van der Waals surface area contributed by atoms with Crippen molar-refractivity contribution in [2.45, 2.75) is 6.42 Å². The molecule has 0 spiro atoms. The average Bonchev–Trinajstić information content (AvgIpc) is 3.15. The van der Waals surface area contributed by atoms with Gasteiger partial charge >= 0.3 is 0 Å². The Kier molecular flexibility index (Phi) is 5.62.